The van der Waals surface area contributed by atoms with E-state index in [1.807, 2.05) is 11.3 Å². The fraction of sp³-hybridized carbons (Fsp3) is 0.765. The van der Waals surface area contributed by atoms with Gasteiger partial charge in [-0.2, -0.15) is 0 Å². The molecule has 1 aromatic heterocycles. The van der Waals surface area contributed by atoms with Crippen molar-refractivity contribution < 1.29 is 4.74 Å². The Bertz CT molecular complexity index is 422. The molecule has 118 valence electrons. The summed E-state index contributed by atoms with van der Waals surface area (Å²) in [5.74, 6) is 0. The molecule has 1 saturated carbocycles. The second kappa shape index (κ2) is 6.78. The van der Waals surface area contributed by atoms with Crippen LogP contribution in [0.1, 0.15) is 38.0 Å². The van der Waals surface area contributed by atoms with Crippen molar-refractivity contribution in [1.82, 2.24) is 10.2 Å². The van der Waals surface area contributed by atoms with Crippen LogP contribution in [0.2, 0.25) is 0 Å². The maximum atomic E-state index is 5.76. The molecule has 1 atom stereocenters. The van der Waals surface area contributed by atoms with Gasteiger partial charge in [-0.15, -0.1) is 11.3 Å². The third-order valence-corrected chi connectivity index (χ3v) is 5.60. The van der Waals surface area contributed by atoms with Crippen LogP contribution in [0.4, 0.5) is 0 Å². The Kier molecular flexibility index (Phi) is 4.99. The van der Waals surface area contributed by atoms with Gasteiger partial charge in [0, 0.05) is 48.6 Å². The molecular formula is C17H28N2OS. The zero-order chi connectivity index (χ0) is 14.7. The van der Waals surface area contributed by atoms with E-state index in [2.05, 4.69) is 41.6 Å². The Hall–Kier alpha value is -0.420. The van der Waals surface area contributed by atoms with Crippen LogP contribution in [-0.4, -0.2) is 43.3 Å². The van der Waals surface area contributed by atoms with E-state index >= 15 is 0 Å². The van der Waals surface area contributed by atoms with Crippen molar-refractivity contribution >= 4 is 11.3 Å². The normalized spacial score (nSPS) is 26.1. The lowest BCUT2D eigenvalue weighted by molar-refractivity contribution is 0.0887. The fourth-order valence-electron chi connectivity index (χ4n) is 3.07. The van der Waals surface area contributed by atoms with Gasteiger partial charge in [0.15, 0.2) is 0 Å². The third kappa shape index (κ3) is 4.28. The molecule has 2 heterocycles. The van der Waals surface area contributed by atoms with Gasteiger partial charge < -0.3 is 10.1 Å². The molecule has 0 aromatic carbocycles. The highest BCUT2D eigenvalue weighted by atomic mass is 32.1. The van der Waals surface area contributed by atoms with Gasteiger partial charge in [0.1, 0.15) is 0 Å². The predicted molar refractivity (Wildman–Crippen MR) is 88.8 cm³/mol. The van der Waals surface area contributed by atoms with Crippen LogP contribution in [0.3, 0.4) is 0 Å². The highest BCUT2D eigenvalue weighted by molar-refractivity contribution is 7.09. The molecule has 2 fully saturated rings. The molecule has 1 aliphatic carbocycles. The zero-order valence-electron chi connectivity index (χ0n) is 13.3. The standard InChI is InChI=1S/C17H28N2OS/c1-14(2)19(10-16-4-3-9-21-16)12-17(7-8-20-13-17)11-18-15-5-6-15/h3-4,9,14-15,18H,5-8,10-13H2,1-2H3. The van der Waals surface area contributed by atoms with Crippen LogP contribution in [0, 0.1) is 5.41 Å². The zero-order valence-corrected chi connectivity index (χ0v) is 14.1. The fourth-order valence-corrected chi connectivity index (χ4v) is 3.80. The summed E-state index contributed by atoms with van der Waals surface area (Å²) < 4.78 is 5.76. The van der Waals surface area contributed by atoms with E-state index in [0.717, 1.165) is 38.9 Å². The smallest absolute Gasteiger partial charge is 0.0547 e. The van der Waals surface area contributed by atoms with E-state index in [1.54, 1.807) is 0 Å². The van der Waals surface area contributed by atoms with Crippen LogP contribution in [0.15, 0.2) is 17.5 Å². The predicted octanol–water partition coefficient (Wildman–Crippen LogP) is 3.12. The van der Waals surface area contributed by atoms with Gasteiger partial charge in [0.2, 0.25) is 0 Å². The topological polar surface area (TPSA) is 24.5 Å². The quantitative estimate of drug-likeness (QED) is 0.798. The Labute approximate surface area is 132 Å². The summed E-state index contributed by atoms with van der Waals surface area (Å²) in [5.41, 5.74) is 0.310. The lowest BCUT2D eigenvalue weighted by atomic mass is 9.86. The first-order valence-corrected chi connectivity index (χ1v) is 9.12. The molecule has 3 nitrogen and oxygen atoms in total. The van der Waals surface area contributed by atoms with Gasteiger partial charge >= 0.3 is 0 Å². The Balaban J connectivity index is 1.63. The van der Waals surface area contributed by atoms with Crippen molar-refractivity contribution in [3.8, 4) is 0 Å². The van der Waals surface area contributed by atoms with Gasteiger partial charge in [-0.05, 0) is 44.6 Å². The van der Waals surface area contributed by atoms with Gasteiger partial charge in [-0.3, -0.25) is 4.90 Å². The van der Waals surface area contributed by atoms with E-state index in [4.69, 9.17) is 4.74 Å². The molecule has 1 aromatic rings. The van der Waals surface area contributed by atoms with E-state index in [0.29, 0.717) is 11.5 Å². The van der Waals surface area contributed by atoms with Crippen molar-refractivity contribution in [2.24, 2.45) is 5.41 Å². The molecule has 1 aliphatic heterocycles. The van der Waals surface area contributed by atoms with Crippen LogP contribution in [-0.2, 0) is 11.3 Å². The minimum Gasteiger partial charge on any atom is -0.381 e. The van der Waals surface area contributed by atoms with Crippen molar-refractivity contribution in [1.29, 1.82) is 0 Å². The average Bonchev–Trinajstić information content (AvgIpc) is 2.96. The van der Waals surface area contributed by atoms with Crippen molar-refractivity contribution in [2.75, 3.05) is 26.3 Å². The van der Waals surface area contributed by atoms with Crippen LogP contribution in [0.5, 0.6) is 0 Å². The van der Waals surface area contributed by atoms with Crippen LogP contribution < -0.4 is 5.32 Å². The summed E-state index contributed by atoms with van der Waals surface area (Å²) in [7, 11) is 0. The molecule has 0 spiro atoms. The highest BCUT2D eigenvalue weighted by Gasteiger charge is 2.38. The number of nitrogens with one attached hydrogen (secondary N) is 1. The number of ether oxygens (including phenoxy) is 1. The minimum absolute atomic E-state index is 0.310. The molecule has 4 heteroatoms. The van der Waals surface area contributed by atoms with Crippen LogP contribution >= 0.6 is 11.3 Å². The minimum atomic E-state index is 0.310. The summed E-state index contributed by atoms with van der Waals surface area (Å²) in [6.45, 7) is 9.79. The number of nitrogens with zero attached hydrogens (tertiary/aromatic N) is 1. The molecule has 21 heavy (non-hydrogen) atoms. The molecule has 0 bridgehead atoms. The summed E-state index contributed by atoms with van der Waals surface area (Å²) in [6.07, 6.45) is 3.92. The summed E-state index contributed by atoms with van der Waals surface area (Å²) in [6, 6.07) is 5.76. The Morgan fingerprint density at radius 3 is 2.90 bits per heavy atom. The first kappa shape index (κ1) is 15.5. The van der Waals surface area contributed by atoms with Crippen molar-refractivity contribution in [3.05, 3.63) is 22.4 Å². The van der Waals surface area contributed by atoms with Gasteiger partial charge in [0.25, 0.3) is 0 Å². The van der Waals surface area contributed by atoms with Gasteiger partial charge in [0.05, 0.1) is 6.61 Å². The molecular weight excluding hydrogens is 280 g/mol. The first-order chi connectivity index (χ1) is 10.2. The molecule has 1 saturated heterocycles. The number of thiophene rings is 1. The third-order valence-electron chi connectivity index (χ3n) is 4.74. The van der Waals surface area contributed by atoms with E-state index in [-0.39, 0.29) is 0 Å². The number of hydrogen-bond donors (Lipinski definition) is 1. The highest BCUT2D eigenvalue weighted by Crippen LogP contribution is 2.32. The van der Waals surface area contributed by atoms with Gasteiger partial charge in [-0.1, -0.05) is 6.07 Å². The molecule has 0 radical (unpaired) electrons. The molecule has 1 unspecified atom stereocenters. The Morgan fingerprint density at radius 2 is 2.33 bits per heavy atom. The number of rotatable bonds is 8. The SMILES string of the molecule is CC(C)N(Cc1cccs1)CC1(CNC2CC2)CCOC1. The lowest BCUT2D eigenvalue weighted by Gasteiger charge is -2.36. The van der Waals surface area contributed by atoms with Gasteiger partial charge in [-0.25, -0.2) is 0 Å². The van der Waals surface area contributed by atoms with E-state index in [9.17, 15) is 0 Å². The lowest BCUT2D eigenvalue weighted by Crippen LogP contribution is -2.47. The molecule has 0 amide bonds. The second-order valence-corrected chi connectivity index (χ2v) is 8.07. The summed E-state index contributed by atoms with van der Waals surface area (Å²) >= 11 is 1.87. The molecule has 2 aliphatic rings. The molecule has 1 N–H and O–H groups in total. The van der Waals surface area contributed by atoms with E-state index in [1.165, 1.54) is 24.1 Å². The second-order valence-electron chi connectivity index (χ2n) is 7.04. The monoisotopic (exact) mass is 308 g/mol. The first-order valence-electron chi connectivity index (χ1n) is 8.24. The van der Waals surface area contributed by atoms with Crippen LogP contribution in [0.25, 0.3) is 0 Å². The van der Waals surface area contributed by atoms with Crippen molar-refractivity contribution in [3.63, 3.8) is 0 Å². The maximum Gasteiger partial charge on any atom is 0.0547 e. The summed E-state index contributed by atoms with van der Waals surface area (Å²) in [5, 5.41) is 5.92. The Morgan fingerprint density at radius 1 is 1.48 bits per heavy atom. The number of hydrogen-bond acceptors (Lipinski definition) is 4. The average molecular weight is 308 g/mol. The van der Waals surface area contributed by atoms with E-state index < -0.39 is 0 Å². The maximum absolute atomic E-state index is 5.76. The summed E-state index contributed by atoms with van der Waals surface area (Å²) in [4.78, 5) is 4.09. The van der Waals surface area contributed by atoms with Crippen molar-refractivity contribution in [2.45, 2.75) is 51.7 Å². The largest absolute Gasteiger partial charge is 0.381 e. The molecule has 3 rings (SSSR count).